The van der Waals surface area contributed by atoms with Gasteiger partial charge in [0.1, 0.15) is 5.75 Å². The normalized spacial score (nSPS) is 15.4. The van der Waals surface area contributed by atoms with Crippen molar-refractivity contribution in [2.24, 2.45) is 5.92 Å². The van der Waals surface area contributed by atoms with Crippen molar-refractivity contribution in [3.8, 4) is 5.75 Å². The van der Waals surface area contributed by atoms with Crippen LogP contribution in [0.4, 0.5) is 5.69 Å². The van der Waals surface area contributed by atoms with Gasteiger partial charge in [0, 0.05) is 24.3 Å². The van der Waals surface area contributed by atoms with Crippen molar-refractivity contribution in [2.45, 2.75) is 45.6 Å². The predicted octanol–water partition coefficient (Wildman–Crippen LogP) is 3.07. The van der Waals surface area contributed by atoms with Crippen molar-refractivity contribution >= 4 is 11.6 Å². The molecule has 0 saturated heterocycles. The summed E-state index contributed by atoms with van der Waals surface area (Å²) in [5.74, 6) is 1.21. The minimum atomic E-state index is 0.0815. The van der Waals surface area contributed by atoms with E-state index < -0.39 is 0 Å². The minimum Gasteiger partial charge on any atom is -0.484 e. The SMILES string of the molecule is CC(C)CN(C(=O)COc1cccc(N)c1)C1CCCC1. The first-order valence-electron chi connectivity index (χ1n) is 7.84. The van der Waals surface area contributed by atoms with E-state index in [1.807, 2.05) is 17.0 Å². The molecular weight excluding hydrogens is 264 g/mol. The van der Waals surface area contributed by atoms with Gasteiger partial charge in [0.15, 0.2) is 6.61 Å². The Kier molecular flexibility index (Phi) is 5.48. The van der Waals surface area contributed by atoms with Gasteiger partial charge in [-0.3, -0.25) is 4.79 Å². The molecule has 0 spiro atoms. The number of carbonyl (C=O) groups excluding carboxylic acids is 1. The number of ether oxygens (including phenoxy) is 1. The van der Waals surface area contributed by atoms with E-state index in [0.29, 0.717) is 23.4 Å². The number of nitrogens with zero attached hydrogens (tertiary/aromatic N) is 1. The predicted molar refractivity (Wildman–Crippen MR) is 85.2 cm³/mol. The van der Waals surface area contributed by atoms with Crippen LogP contribution in [0.2, 0.25) is 0 Å². The molecule has 0 unspecified atom stereocenters. The van der Waals surface area contributed by atoms with Crippen LogP contribution in [0.15, 0.2) is 24.3 Å². The van der Waals surface area contributed by atoms with E-state index >= 15 is 0 Å². The molecule has 0 radical (unpaired) electrons. The first-order chi connectivity index (χ1) is 10.1. The minimum absolute atomic E-state index is 0.0815. The second kappa shape index (κ2) is 7.34. The third-order valence-corrected chi connectivity index (χ3v) is 3.87. The van der Waals surface area contributed by atoms with E-state index in [4.69, 9.17) is 10.5 Å². The highest BCUT2D eigenvalue weighted by molar-refractivity contribution is 5.78. The van der Waals surface area contributed by atoms with Crippen LogP contribution in [-0.2, 0) is 4.79 Å². The monoisotopic (exact) mass is 290 g/mol. The first-order valence-corrected chi connectivity index (χ1v) is 7.84. The number of rotatable bonds is 6. The summed E-state index contributed by atoms with van der Waals surface area (Å²) in [6, 6.07) is 7.60. The summed E-state index contributed by atoms with van der Waals surface area (Å²) in [7, 11) is 0. The Morgan fingerprint density at radius 2 is 2.10 bits per heavy atom. The smallest absolute Gasteiger partial charge is 0.260 e. The standard InChI is InChI=1S/C17H26N2O2/c1-13(2)11-19(15-7-3-4-8-15)17(20)12-21-16-9-5-6-14(18)10-16/h5-6,9-10,13,15H,3-4,7-8,11-12,18H2,1-2H3. The molecule has 1 aromatic carbocycles. The second-order valence-corrected chi connectivity index (χ2v) is 6.24. The van der Waals surface area contributed by atoms with Gasteiger partial charge in [-0.1, -0.05) is 32.8 Å². The van der Waals surface area contributed by atoms with Gasteiger partial charge >= 0.3 is 0 Å². The molecule has 0 aromatic heterocycles. The molecule has 2 rings (SSSR count). The zero-order valence-electron chi connectivity index (χ0n) is 13.0. The maximum absolute atomic E-state index is 12.5. The molecule has 1 amide bonds. The van der Waals surface area contributed by atoms with Crippen LogP contribution in [0, 0.1) is 5.92 Å². The molecule has 0 aliphatic heterocycles. The molecule has 4 heteroatoms. The van der Waals surface area contributed by atoms with Crippen LogP contribution in [0.25, 0.3) is 0 Å². The second-order valence-electron chi connectivity index (χ2n) is 6.24. The average molecular weight is 290 g/mol. The highest BCUT2D eigenvalue weighted by Gasteiger charge is 2.27. The van der Waals surface area contributed by atoms with E-state index in [1.165, 1.54) is 12.8 Å². The van der Waals surface area contributed by atoms with E-state index in [-0.39, 0.29) is 12.5 Å². The van der Waals surface area contributed by atoms with Crippen LogP contribution in [0.3, 0.4) is 0 Å². The van der Waals surface area contributed by atoms with Crippen molar-refractivity contribution in [1.82, 2.24) is 4.90 Å². The molecule has 0 bridgehead atoms. The Hall–Kier alpha value is -1.71. The summed E-state index contributed by atoms with van der Waals surface area (Å²) in [6.45, 7) is 5.19. The van der Waals surface area contributed by atoms with Gasteiger partial charge in [-0.25, -0.2) is 0 Å². The van der Waals surface area contributed by atoms with Crippen LogP contribution in [-0.4, -0.2) is 30.0 Å². The summed E-state index contributed by atoms with van der Waals surface area (Å²) >= 11 is 0. The molecule has 1 aliphatic rings. The molecule has 1 fully saturated rings. The average Bonchev–Trinajstić information content (AvgIpc) is 2.96. The maximum Gasteiger partial charge on any atom is 0.260 e. The number of amides is 1. The lowest BCUT2D eigenvalue weighted by molar-refractivity contribution is -0.136. The topological polar surface area (TPSA) is 55.6 Å². The Balaban J connectivity index is 1.94. The fourth-order valence-electron chi connectivity index (χ4n) is 2.90. The third-order valence-electron chi connectivity index (χ3n) is 3.87. The Bertz CT molecular complexity index is 468. The van der Waals surface area contributed by atoms with Crippen molar-refractivity contribution < 1.29 is 9.53 Å². The highest BCUT2D eigenvalue weighted by Crippen LogP contribution is 2.24. The Morgan fingerprint density at radius 3 is 2.71 bits per heavy atom. The van der Waals surface area contributed by atoms with Gasteiger partial charge in [0.2, 0.25) is 0 Å². The number of nitrogen functional groups attached to an aromatic ring is 1. The molecule has 1 saturated carbocycles. The number of nitrogens with two attached hydrogens (primary N) is 1. The lowest BCUT2D eigenvalue weighted by Gasteiger charge is -2.30. The van der Waals surface area contributed by atoms with Crippen molar-refractivity contribution in [3.63, 3.8) is 0 Å². The van der Waals surface area contributed by atoms with Crippen LogP contribution >= 0.6 is 0 Å². The third kappa shape index (κ3) is 4.66. The van der Waals surface area contributed by atoms with Gasteiger partial charge < -0.3 is 15.4 Å². The summed E-state index contributed by atoms with van der Waals surface area (Å²) in [5.41, 5.74) is 6.36. The molecule has 1 aromatic rings. The van der Waals surface area contributed by atoms with Gasteiger partial charge in [-0.05, 0) is 30.9 Å². The van der Waals surface area contributed by atoms with E-state index in [9.17, 15) is 4.79 Å². The Labute approximate surface area is 127 Å². The van der Waals surface area contributed by atoms with Crippen molar-refractivity contribution in [2.75, 3.05) is 18.9 Å². The van der Waals surface area contributed by atoms with Gasteiger partial charge in [-0.15, -0.1) is 0 Å². The van der Waals surface area contributed by atoms with E-state index in [1.54, 1.807) is 12.1 Å². The van der Waals surface area contributed by atoms with Crippen LogP contribution in [0.1, 0.15) is 39.5 Å². The number of benzene rings is 1. The summed E-state index contributed by atoms with van der Waals surface area (Å²) < 4.78 is 5.60. The Morgan fingerprint density at radius 1 is 1.38 bits per heavy atom. The number of hydrogen-bond acceptors (Lipinski definition) is 3. The molecule has 116 valence electrons. The fraction of sp³-hybridized carbons (Fsp3) is 0.588. The lowest BCUT2D eigenvalue weighted by atomic mass is 10.1. The van der Waals surface area contributed by atoms with Crippen molar-refractivity contribution in [3.05, 3.63) is 24.3 Å². The highest BCUT2D eigenvalue weighted by atomic mass is 16.5. The van der Waals surface area contributed by atoms with Crippen LogP contribution in [0.5, 0.6) is 5.75 Å². The number of carbonyl (C=O) groups is 1. The summed E-state index contributed by atoms with van der Waals surface area (Å²) in [5, 5.41) is 0. The number of anilines is 1. The largest absolute Gasteiger partial charge is 0.484 e. The quantitative estimate of drug-likeness (QED) is 0.819. The van der Waals surface area contributed by atoms with E-state index in [2.05, 4.69) is 13.8 Å². The van der Waals surface area contributed by atoms with Crippen LogP contribution < -0.4 is 10.5 Å². The fourth-order valence-corrected chi connectivity index (χ4v) is 2.90. The maximum atomic E-state index is 12.5. The van der Waals surface area contributed by atoms with Gasteiger partial charge in [-0.2, -0.15) is 0 Å². The summed E-state index contributed by atoms with van der Waals surface area (Å²) in [6.07, 6.45) is 4.69. The van der Waals surface area contributed by atoms with Gasteiger partial charge in [0.25, 0.3) is 5.91 Å². The lowest BCUT2D eigenvalue weighted by Crippen LogP contribution is -2.43. The summed E-state index contributed by atoms with van der Waals surface area (Å²) in [4.78, 5) is 14.5. The molecular formula is C17H26N2O2. The van der Waals surface area contributed by atoms with Gasteiger partial charge in [0.05, 0.1) is 0 Å². The molecule has 0 atom stereocenters. The molecule has 1 aliphatic carbocycles. The zero-order chi connectivity index (χ0) is 15.2. The number of hydrogen-bond donors (Lipinski definition) is 1. The van der Waals surface area contributed by atoms with Crippen molar-refractivity contribution in [1.29, 1.82) is 0 Å². The molecule has 2 N–H and O–H groups in total. The molecule has 4 nitrogen and oxygen atoms in total. The van der Waals surface area contributed by atoms with E-state index in [0.717, 1.165) is 19.4 Å². The zero-order valence-corrected chi connectivity index (χ0v) is 13.0. The first kappa shape index (κ1) is 15.7. The molecule has 21 heavy (non-hydrogen) atoms. The molecule has 0 heterocycles.